The maximum absolute atomic E-state index is 13.1. The van der Waals surface area contributed by atoms with Crippen LogP contribution in [0.25, 0.3) is 0 Å². The quantitative estimate of drug-likeness (QED) is 0.799. The number of hydrogen-bond acceptors (Lipinski definition) is 5. The maximum Gasteiger partial charge on any atom is 0.267 e. The van der Waals surface area contributed by atoms with Crippen molar-refractivity contribution in [1.82, 2.24) is 29.4 Å². The van der Waals surface area contributed by atoms with Crippen LogP contribution in [0.1, 0.15) is 62.4 Å². The van der Waals surface area contributed by atoms with Crippen molar-refractivity contribution in [2.45, 2.75) is 65.1 Å². The second-order valence-electron chi connectivity index (χ2n) is 8.03. The molecule has 0 spiro atoms. The third-order valence-corrected chi connectivity index (χ3v) is 5.19. The summed E-state index contributed by atoms with van der Waals surface area (Å²) in [6.07, 6.45) is 3.14. The number of nitrogens with zero attached hydrogens (tertiary/aromatic N) is 6. The molecule has 3 heterocycles. The number of aryl methyl sites for hydroxylation is 1. The monoisotopic (exact) mass is 370 g/mol. The van der Waals surface area contributed by atoms with Crippen LogP contribution in [0.15, 0.2) is 16.9 Å². The van der Waals surface area contributed by atoms with Gasteiger partial charge >= 0.3 is 0 Å². The van der Waals surface area contributed by atoms with E-state index in [1.54, 1.807) is 6.07 Å². The van der Waals surface area contributed by atoms with E-state index >= 15 is 0 Å². The Hall–Kier alpha value is -2.51. The molecule has 0 N–H and O–H groups in total. The predicted octanol–water partition coefficient (Wildman–Crippen LogP) is 1.65. The Morgan fingerprint density at radius 1 is 1.22 bits per heavy atom. The molecule has 0 unspecified atom stereocenters. The maximum atomic E-state index is 13.1. The summed E-state index contributed by atoms with van der Waals surface area (Å²) in [6.45, 7) is 7.28. The van der Waals surface area contributed by atoms with Crippen molar-refractivity contribution in [2.24, 2.45) is 5.92 Å². The number of hydrogen-bond donors (Lipinski definition) is 0. The molecule has 1 amide bonds. The fourth-order valence-electron chi connectivity index (χ4n) is 3.66. The lowest BCUT2D eigenvalue weighted by molar-refractivity contribution is -0.136. The summed E-state index contributed by atoms with van der Waals surface area (Å²) in [7, 11) is 0. The molecule has 0 radical (unpaired) electrons. The molecule has 0 saturated heterocycles. The minimum atomic E-state index is -0.259. The van der Waals surface area contributed by atoms with Gasteiger partial charge in [-0.3, -0.25) is 9.59 Å². The molecular weight excluding hydrogens is 344 g/mol. The molecule has 2 aromatic heterocycles. The van der Waals surface area contributed by atoms with E-state index in [4.69, 9.17) is 4.98 Å². The number of rotatable bonds is 5. The van der Waals surface area contributed by atoms with Gasteiger partial charge in [0.05, 0.1) is 18.3 Å². The summed E-state index contributed by atoms with van der Waals surface area (Å²) < 4.78 is 3.22. The predicted molar refractivity (Wildman–Crippen MR) is 99.1 cm³/mol. The number of fused-ring (bicyclic) bond motifs is 1. The average molecular weight is 370 g/mol. The van der Waals surface area contributed by atoms with Crippen LogP contribution in [-0.4, -0.2) is 41.9 Å². The summed E-state index contributed by atoms with van der Waals surface area (Å²) >= 11 is 0. The number of aromatic nitrogens is 5. The molecule has 27 heavy (non-hydrogen) atoms. The fourth-order valence-corrected chi connectivity index (χ4v) is 3.66. The Kier molecular flexibility index (Phi) is 4.57. The Morgan fingerprint density at radius 2 is 2.00 bits per heavy atom. The molecule has 144 valence electrons. The number of carbonyl (C=O) groups excluding carboxylic acids is 1. The second kappa shape index (κ2) is 6.90. The summed E-state index contributed by atoms with van der Waals surface area (Å²) in [5.41, 5.74) is 0.458. The van der Waals surface area contributed by atoms with E-state index in [1.165, 1.54) is 10.7 Å². The van der Waals surface area contributed by atoms with Crippen LogP contribution in [-0.2, 0) is 17.9 Å². The molecule has 8 heteroatoms. The molecule has 1 aliphatic heterocycles. The lowest BCUT2D eigenvalue weighted by Gasteiger charge is -2.36. The van der Waals surface area contributed by atoms with Gasteiger partial charge < -0.3 is 4.90 Å². The molecule has 0 bridgehead atoms. The molecule has 8 nitrogen and oxygen atoms in total. The van der Waals surface area contributed by atoms with Crippen molar-refractivity contribution < 1.29 is 4.79 Å². The highest BCUT2D eigenvalue weighted by atomic mass is 16.2. The van der Waals surface area contributed by atoms with Crippen LogP contribution in [0.4, 0.5) is 0 Å². The molecule has 0 aromatic carbocycles. The van der Waals surface area contributed by atoms with Crippen LogP contribution < -0.4 is 5.56 Å². The molecule has 1 saturated carbocycles. The number of amides is 1. The average Bonchev–Trinajstić information content (AvgIpc) is 3.37. The van der Waals surface area contributed by atoms with Crippen molar-refractivity contribution in [3.05, 3.63) is 39.8 Å². The van der Waals surface area contributed by atoms with E-state index in [1.807, 2.05) is 16.5 Å². The first-order chi connectivity index (χ1) is 12.9. The number of carbonyl (C=O) groups is 1. The van der Waals surface area contributed by atoms with E-state index in [9.17, 15) is 9.59 Å². The van der Waals surface area contributed by atoms with Gasteiger partial charge in [-0.2, -0.15) is 10.2 Å². The molecule has 2 aliphatic rings. The lowest BCUT2D eigenvalue weighted by Crippen LogP contribution is -2.45. The molecule has 1 atom stereocenters. The van der Waals surface area contributed by atoms with E-state index in [2.05, 4.69) is 24.0 Å². The first-order valence-corrected chi connectivity index (χ1v) is 9.71. The smallest absolute Gasteiger partial charge is 0.267 e. The highest BCUT2D eigenvalue weighted by Crippen LogP contribution is 2.40. The summed E-state index contributed by atoms with van der Waals surface area (Å²) in [6, 6.07) is 3.01. The lowest BCUT2D eigenvalue weighted by atomic mass is 10.00. The largest absolute Gasteiger partial charge is 0.329 e. The summed E-state index contributed by atoms with van der Waals surface area (Å²) in [5, 5.41) is 8.87. The van der Waals surface area contributed by atoms with Gasteiger partial charge in [0.15, 0.2) is 5.82 Å². The van der Waals surface area contributed by atoms with E-state index in [-0.39, 0.29) is 24.1 Å². The Bertz CT molecular complexity index is 911. The highest BCUT2D eigenvalue weighted by Gasteiger charge is 2.37. The molecule has 4 rings (SSSR count). The van der Waals surface area contributed by atoms with Gasteiger partial charge in [0, 0.05) is 18.5 Å². The van der Waals surface area contributed by atoms with Gasteiger partial charge in [0.25, 0.3) is 5.56 Å². The van der Waals surface area contributed by atoms with Crippen molar-refractivity contribution in [2.75, 3.05) is 6.54 Å². The minimum Gasteiger partial charge on any atom is -0.329 e. The zero-order valence-corrected chi connectivity index (χ0v) is 16.1. The first kappa shape index (κ1) is 17.9. The highest BCUT2D eigenvalue weighted by molar-refractivity contribution is 5.76. The zero-order valence-electron chi connectivity index (χ0n) is 16.1. The zero-order chi connectivity index (χ0) is 19.1. The SMILES string of the molecule is Cc1ccc(=O)n(CC(=O)N2CCn3nc(C4CC4)nc3[C@@H]2CC(C)C)n1. The van der Waals surface area contributed by atoms with Gasteiger partial charge in [-0.1, -0.05) is 13.8 Å². The van der Waals surface area contributed by atoms with Crippen molar-refractivity contribution >= 4 is 5.91 Å². The molecular formula is C19H26N6O2. The van der Waals surface area contributed by atoms with Crippen LogP contribution in [0.3, 0.4) is 0 Å². The van der Waals surface area contributed by atoms with Crippen molar-refractivity contribution in [3.8, 4) is 0 Å². The first-order valence-electron chi connectivity index (χ1n) is 9.71. The standard InChI is InChI=1S/C19H26N6O2/c1-12(2)10-15-19-20-18(14-5-6-14)22-24(19)9-8-23(15)17(27)11-25-16(26)7-4-13(3)21-25/h4,7,12,14-15H,5-6,8-11H2,1-3H3/t15-/m0/s1. The Labute approximate surface area is 158 Å². The van der Waals surface area contributed by atoms with Crippen molar-refractivity contribution in [1.29, 1.82) is 0 Å². The third kappa shape index (κ3) is 3.65. The van der Waals surface area contributed by atoms with E-state index in [0.717, 1.165) is 30.9 Å². The van der Waals surface area contributed by atoms with E-state index in [0.29, 0.717) is 30.6 Å². The molecule has 1 fully saturated rings. The minimum absolute atomic E-state index is 0.0429. The van der Waals surface area contributed by atoms with Gasteiger partial charge in [0.1, 0.15) is 12.4 Å². The van der Waals surface area contributed by atoms with Crippen molar-refractivity contribution in [3.63, 3.8) is 0 Å². The van der Waals surface area contributed by atoms with Gasteiger partial charge in [-0.05, 0) is 38.2 Å². The normalized spacial score (nSPS) is 19.4. The van der Waals surface area contributed by atoms with Gasteiger partial charge in [-0.15, -0.1) is 0 Å². The van der Waals surface area contributed by atoms with Crippen LogP contribution in [0, 0.1) is 12.8 Å². The molecule has 1 aliphatic carbocycles. The van der Waals surface area contributed by atoms with Crippen LogP contribution in [0.5, 0.6) is 0 Å². The Balaban J connectivity index is 1.61. The third-order valence-electron chi connectivity index (χ3n) is 5.19. The van der Waals surface area contributed by atoms with Crippen LogP contribution >= 0.6 is 0 Å². The Morgan fingerprint density at radius 3 is 2.70 bits per heavy atom. The topological polar surface area (TPSA) is 85.9 Å². The summed E-state index contributed by atoms with van der Waals surface area (Å²) in [5.74, 6) is 2.61. The fraction of sp³-hybridized carbons (Fsp3) is 0.632. The van der Waals surface area contributed by atoms with Gasteiger partial charge in [-0.25, -0.2) is 14.3 Å². The van der Waals surface area contributed by atoms with Gasteiger partial charge in [0.2, 0.25) is 5.91 Å². The van der Waals surface area contributed by atoms with E-state index < -0.39 is 0 Å². The van der Waals surface area contributed by atoms with Crippen LogP contribution in [0.2, 0.25) is 0 Å². The molecule has 2 aromatic rings. The second-order valence-corrected chi connectivity index (χ2v) is 8.03. The summed E-state index contributed by atoms with van der Waals surface area (Å²) in [4.78, 5) is 31.7.